The fourth-order valence-electron chi connectivity index (χ4n) is 3.91. The van der Waals surface area contributed by atoms with Gasteiger partial charge in [-0.05, 0) is 61.2 Å². The standard InChI is InChI=1S/C23H27NO5/c1-26-18-7-9-19(10-8-18)27-13-3-5-23(25)24-12-2-4-20(24)17-6-11-21-22(16-17)29-15-14-28-21/h6-11,16,20H,2-5,12-15H2,1H3/t20-/m1/s1. The number of methoxy groups -OCH3 is 1. The minimum absolute atomic E-state index is 0.112. The largest absolute Gasteiger partial charge is 0.497 e. The summed E-state index contributed by atoms with van der Waals surface area (Å²) < 4.78 is 22.2. The molecule has 0 unspecified atom stereocenters. The number of carbonyl (C=O) groups excluding carboxylic acids is 1. The normalized spacial score (nSPS) is 17.8. The van der Waals surface area contributed by atoms with E-state index >= 15 is 0 Å². The number of ether oxygens (including phenoxy) is 4. The summed E-state index contributed by atoms with van der Waals surface area (Å²) in [4.78, 5) is 14.8. The van der Waals surface area contributed by atoms with Gasteiger partial charge in [-0.15, -0.1) is 0 Å². The summed E-state index contributed by atoms with van der Waals surface area (Å²) in [7, 11) is 1.64. The first-order valence-corrected chi connectivity index (χ1v) is 10.2. The van der Waals surface area contributed by atoms with Gasteiger partial charge < -0.3 is 23.8 Å². The van der Waals surface area contributed by atoms with E-state index in [2.05, 4.69) is 6.07 Å². The van der Waals surface area contributed by atoms with E-state index in [4.69, 9.17) is 18.9 Å². The van der Waals surface area contributed by atoms with Gasteiger partial charge in [0.2, 0.25) is 5.91 Å². The van der Waals surface area contributed by atoms with Gasteiger partial charge in [-0.3, -0.25) is 4.79 Å². The summed E-state index contributed by atoms with van der Waals surface area (Å²) in [5, 5.41) is 0. The van der Waals surface area contributed by atoms with Crippen molar-refractivity contribution in [1.29, 1.82) is 0 Å². The van der Waals surface area contributed by atoms with Crippen LogP contribution in [0, 0.1) is 0 Å². The van der Waals surface area contributed by atoms with Crippen molar-refractivity contribution in [2.45, 2.75) is 31.7 Å². The summed E-state index contributed by atoms with van der Waals surface area (Å²) in [5.41, 5.74) is 1.12. The molecule has 154 valence electrons. The van der Waals surface area contributed by atoms with E-state index in [0.29, 0.717) is 32.7 Å². The molecule has 2 heterocycles. The molecule has 29 heavy (non-hydrogen) atoms. The number of likely N-dealkylation sites (tertiary alicyclic amines) is 1. The monoisotopic (exact) mass is 397 g/mol. The lowest BCUT2D eigenvalue weighted by atomic mass is 10.0. The topological polar surface area (TPSA) is 57.2 Å². The molecule has 1 saturated heterocycles. The SMILES string of the molecule is COc1ccc(OCCCC(=O)N2CCC[C@@H]2c2ccc3c(c2)OCCO3)cc1. The minimum Gasteiger partial charge on any atom is -0.497 e. The van der Waals surface area contributed by atoms with E-state index in [9.17, 15) is 4.79 Å². The number of hydrogen-bond acceptors (Lipinski definition) is 5. The van der Waals surface area contributed by atoms with Crippen LogP contribution in [0.15, 0.2) is 42.5 Å². The number of hydrogen-bond donors (Lipinski definition) is 0. The van der Waals surface area contributed by atoms with Gasteiger partial charge in [-0.25, -0.2) is 0 Å². The first-order valence-electron chi connectivity index (χ1n) is 10.2. The molecule has 1 fully saturated rings. The van der Waals surface area contributed by atoms with Crippen molar-refractivity contribution in [3.8, 4) is 23.0 Å². The number of nitrogens with zero attached hydrogens (tertiary/aromatic N) is 1. The van der Waals surface area contributed by atoms with Crippen LogP contribution in [0.5, 0.6) is 23.0 Å². The molecule has 0 saturated carbocycles. The lowest BCUT2D eigenvalue weighted by Gasteiger charge is -2.27. The van der Waals surface area contributed by atoms with Gasteiger partial charge in [0.25, 0.3) is 0 Å². The van der Waals surface area contributed by atoms with Crippen LogP contribution in [0.3, 0.4) is 0 Å². The Morgan fingerprint density at radius 3 is 2.62 bits per heavy atom. The molecule has 6 nitrogen and oxygen atoms in total. The first kappa shape index (κ1) is 19.4. The fourth-order valence-corrected chi connectivity index (χ4v) is 3.91. The summed E-state index contributed by atoms with van der Waals surface area (Å²) in [6.45, 7) is 2.47. The maximum atomic E-state index is 12.8. The minimum atomic E-state index is 0.112. The van der Waals surface area contributed by atoms with Crippen LogP contribution in [0.4, 0.5) is 0 Å². The predicted octanol–water partition coefficient (Wildman–Crippen LogP) is 3.99. The highest BCUT2D eigenvalue weighted by molar-refractivity contribution is 5.77. The molecule has 2 aromatic carbocycles. The maximum Gasteiger partial charge on any atom is 0.223 e. The van der Waals surface area contributed by atoms with Crippen LogP contribution in [-0.4, -0.2) is 44.3 Å². The fraction of sp³-hybridized carbons (Fsp3) is 0.435. The molecule has 6 heteroatoms. The van der Waals surface area contributed by atoms with E-state index in [1.165, 1.54) is 0 Å². The second-order valence-corrected chi connectivity index (χ2v) is 7.28. The summed E-state index contributed by atoms with van der Waals surface area (Å²) in [6.07, 6.45) is 3.17. The molecule has 1 atom stereocenters. The highest BCUT2D eigenvalue weighted by Crippen LogP contribution is 2.38. The van der Waals surface area contributed by atoms with Crippen LogP contribution in [-0.2, 0) is 4.79 Å². The lowest BCUT2D eigenvalue weighted by molar-refractivity contribution is -0.132. The zero-order valence-corrected chi connectivity index (χ0v) is 16.8. The Morgan fingerprint density at radius 2 is 1.83 bits per heavy atom. The Hall–Kier alpha value is -2.89. The quantitative estimate of drug-likeness (QED) is 0.661. The van der Waals surface area contributed by atoms with E-state index in [0.717, 1.165) is 47.9 Å². The zero-order chi connectivity index (χ0) is 20.1. The molecular formula is C23H27NO5. The van der Waals surface area contributed by atoms with E-state index in [-0.39, 0.29) is 11.9 Å². The smallest absolute Gasteiger partial charge is 0.223 e. The van der Waals surface area contributed by atoms with Crippen molar-refractivity contribution >= 4 is 5.91 Å². The van der Waals surface area contributed by atoms with Crippen LogP contribution in [0.1, 0.15) is 37.3 Å². The number of carbonyl (C=O) groups is 1. The number of amides is 1. The predicted molar refractivity (Wildman–Crippen MR) is 109 cm³/mol. The van der Waals surface area contributed by atoms with Gasteiger partial charge in [-0.1, -0.05) is 6.07 Å². The van der Waals surface area contributed by atoms with Gasteiger partial charge in [0.05, 0.1) is 19.8 Å². The van der Waals surface area contributed by atoms with Crippen molar-refractivity contribution in [2.24, 2.45) is 0 Å². The van der Waals surface area contributed by atoms with Crippen molar-refractivity contribution < 1.29 is 23.7 Å². The van der Waals surface area contributed by atoms with Gasteiger partial charge >= 0.3 is 0 Å². The first-order chi connectivity index (χ1) is 14.2. The molecule has 0 aliphatic carbocycles. The molecule has 0 spiro atoms. The molecule has 4 rings (SSSR count). The lowest BCUT2D eigenvalue weighted by Crippen LogP contribution is -2.30. The van der Waals surface area contributed by atoms with Crippen molar-refractivity contribution in [3.63, 3.8) is 0 Å². The highest BCUT2D eigenvalue weighted by atomic mass is 16.6. The van der Waals surface area contributed by atoms with Crippen LogP contribution in [0.2, 0.25) is 0 Å². The molecule has 0 radical (unpaired) electrons. The van der Waals surface area contributed by atoms with Gasteiger partial charge in [0.15, 0.2) is 11.5 Å². The molecule has 0 aromatic heterocycles. The molecule has 2 aliphatic heterocycles. The molecule has 2 aromatic rings. The maximum absolute atomic E-state index is 12.8. The third-order valence-corrected chi connectivity index (χ3v) is 5.39. The van der Waals surface area contributed by atoms with E-state index < -0.39 is 0 Å². The number of benzene rings is 2. The Labute approximate surface area is 171 Å². The van der Waals surface area contributed by atoms with Gasteiger partial charge in [0, 0.05) is 13.0 Å². The van der Waals surface area contributed by atoms with Crippen LogP contribution in [0.25, 0.3) is 0 Å². The third-order valence-electron chi connectivity index (χ3n) is 5.39. The van der Waals surface area contributed by atoms with Crippen LogP contribution >= 0.6 is 0 Å². The Bertz CT molecular complexity index is 836. The summed E-state index contributed by atoms with van der Waals surface area (Å²) >= 11 is 0. The molecule has 0 N–H and O–H groups in total. The Kier molecular flexibility index (Phi) is 6.08. The Balaban J connectivity index is 1.29. The van der Waals surface area contributed by atoms with Gasteiger partial charge in [-0.2, -0.15) is 0 Å². The van der Waals surface area contributed by atoms with E-state index in [1.807, 2.05) is 41.3 Å². The highest BCUT2D eigenvalue weighted by Gasteiger charge is 2.30. The average molecular weight is 397 g/mol. The molecular weight excluding hydrogens is 370 g/mol. The van der Waals surface area contributed by atoms with Crippen molar-refractivity contribution in [1.82, 2.24) is 4.90 Å². The molecule has 0 bridgehead atoms. The summed E-state index contributed by atoms with van der Waals surface area (Å²) in [5.74, 6) is 3.33. The second-order valence-electron chi connectivity index (χ2n) is 7.28. The average Bonchev–Trinajstić information content (AvgIpc) is 3.27. The second kappa shape index (κ2) is 9.07. The number of fused-ring (bicyclic) bond motifs is 1. The van der Waals surface area contributed by atoms with Crippen molar-refractivity contribution in [2.75, 3.05) is 33.5 Å². The van der Waals surface area contributed by atoms with Crippen molar-refractivity contribution in [3.05, 3.63) is 48.0 Å². The Morgan fingerprint density at radius 1 is 1.07 bits per heavy atom. The summed E-state index contributed by atoms with van der Waals surface area (Å²) in [6, 6.07) is 13.6. The molecule has 1 amide bonds. The van der Waals surface area contributed by atoms with E-state index in [1.54, 1.807) is 7.11 Å². The number of rotatable bonds is 7. The molecule has 2 aliphatic rings. The van der Waals surface area contributed by atoms with Gasteiger partial charge in [0.1, 0.15) is 24.7 Å². The van der Waals surface area contributed by atoms with Crippen LogP contribution < -0.4 is 18.9 Å². The third kappa shape index (κ3) is 4.58. The zero-order valence-electron chi connectivity index (χ0n) is 16.8.